The van der Waals surface area contributed by atoms with Gasteiger partial charge in [-0.05, 0) is 33.8 Å². The molecule has 0 saturated carbocycles. The number of pyridine rings is 1. The Morgan fingerprint density at radius 3 is 2.14 bits per heavy atom. The molecule has 2 heterocycles. The summed E-state index contributed by atoms with van der Waals surface area (Å²) in [6.07, 6.45) is 1.44. The SMILES string of the molecule is COc1ncc(B2OC(C)(C)C(C)(C)O2)cc1C(C)(F)F. The summed E-state index contributed by atoms with van der Waals surface area (Å²) >= 11 is 0. The Bertz CT molecular complexity index is 528. The van der Waals surface area contributed by atoms with Crippen LogP contribution in [-0.4, -0.2) is 30.4 Å². The molecule has 1 aliphatic heterocycles. The first-order chi connectivity index (χ1) is 9.48. The Morgan fingerprint density at radius 2 is 1.71 bits per heavy atom. The molecule has 0 aliphatic carbocycles. The van der Waals surface area contributed by atoms with Gasteiger partial charge < -0.3 is 14.0 Å². The van der Waals surface area contributed by atoms with E-state index >= 15 is 0 Å². The van der Waals surface area contributed by atoms with Gasteiger partial charge in [0.05, 0.1) is 23.9 Å². The van der Waals surface area contributed by atoms with E-state index in [0.717, 1.165) is 6.92 Å². The molecule has 7 heteroatoms. The van der Waals surface area contributed by atoms with Crippen molar-refractivity contribution >= 4 is 12.6 Å². The summed E-state index contributed by atoms with van der Waals surface area (Å²) in [7, 11) is 0.584. The van der Waals surface area contributed by atoms with Crippen LogP contribution in [0.5, 0.6) is 5.88 Å². The van der Waals surface area contributed by atoms with Crippen molar-refractivity contribution in [2.75, 3.05) is 7.11 Å². The zero-order valence-electron chi connectivity index (χ0n) is 13.2. The summed E-state index contributed by atoms with van der Waals surface area (Å²) in [5.74, 6) is -3.15. The molecular formula is C14H20BF2NO3. The molecule has 0 N–H and O–H groups in total. The molecule has 0 amide bonds. The minimum atomic E-state index is -3.06. The molecule has 1 aliphatic rings. The van der Waals surface area contributed by atoms with Gasteiger partial charge in [-0.15, -0.1) is 0 Å². The zero-order valence-corrected chi connectivity index (χ0v) is 13.2. The number of hydrogen-bond donors (Lipinski definition) is 0. The van der Waals surface area contributed by atoms with E-state index in [9.17, 15) is 8.78 Å². The second kappa shape index (κ2) is 4.92. The van der Waals surface area contributed by atoms with Gasteiger partial charge >= 0.3 is 7.12 Å². The molecule has 0 spiro atoms. The highest BCUT2D eigenvalue weighted by molar-refractivity contribution is 6.62. The van der Waals surface area contributed by atoms with Gasteiger partial charge in [0.25, 0.3) is 5.92 Å². The first kappa shape index (κ1) is 16.2. The van der Waals surface area contributed by atoms with Gasteiger partial charge in [-0.3, -0.25) is 0 Å². The molecule has 0 aromatic carbocycles. The maximum absolute atomic E-state index is 13.7. The maximum atomic E-state index is 13.7. The Kier molecular flexibility index (Phi) is 3.79. The smallest absolute Gasteiger partial charge is 0.481 e. The van der Waals surface area contributed by atoms with Crippen LogP contribution in [0, 0.1) is 0 Å². The standard InChI is InChI=1S/C14H20BF2NO3/c1-12(2)13(3,4)21-15(20-12)9-7-10(14(5,16)17)11(19-6)18-8-9/h7-8H,1-6H3. The van der Waals surface area contributed by atoms with Crippen molar-refractivity contribution in [2.24, 2.45) is 0 Å². The van der Waals surface area contributed by atoms with Crippen LogP contribution in [0.4, 0.5) is 8.78 Å². The third kappa shape index (κ3) is 2.89. The highest BCUT2D eigenvalue weighted by Crippen LogP contribution is 2.37. The predicted molar refractivity (Wildman–Crippen MR) is 76.1 cm³/mol. The fourth-order valence-corrected chi connectivity index (χ4v) is 2.05. The molecule has 0 radical (unpaired) electrons. The third-order valence-corrected chi connectivity index (χ3v) is 4.06. The van der Waals surface area contributed by atoms with Crippen molar-refractivity contribution in [3.8, 4) is 5.88 Å². The van der Waals surface area contributed by atoms with Crippen LogP contribution < -0.4 is 10.2 Å². The predicted octanol–water partition coefficient (Wildman–Crippen LogP) is 2.50. The molecule has 2 rings (SSSR count). The van der Waals surface area contributed by atoms with Gasteiger partial charge in [-0.25, -0.2) is 13.8 Å². The fourth-order valence-electron chi connectivity index (χ4n) is 2.05. The molecule has 1 fully saturated rings. The van der Waals surface area contributed by atoms with Gasteiger partial charge in [0, 0.05) is 18.6 Å². The molecule has 116 valence electrons. The van der Waals surface area contributed by atoms with Crippen LogP contribution in [0.15, 0.2) is 12.3 Å². The van der Waals surface area contributed by atoms with E-state index in [0.29, 0.717) is 5.46 Å². The van der Waals surface area contributed by atoms with E-state index in [2.05, 4.69) is 4.98 Å². The lowest BCUT2D eigenvalue weighted by atomic mass is 9.79. The highest BCUT2D eigenvalue weighted by Gasteiger charge is 2.52. The number of alkyl halides is 2. The molecule has 0 atom stereocenters. The second-order valence-electron chi connectivity index (χ2n) is 6.30. The van der Waals surface area contributed by atoms with E-state index in [1.54, 1.807) is 0 Å². The van der Waals surface area contributed by atoms with Crippen LogP contribution in [0.2, 0.25) is 0 Å². The lowest BCUT2D eigenvalue weighted by Crippen LogP contribution is -2.41. The molecule has 21 heavy (non-hydrogen) atoms. The van der Waals surface area contributed by atoms with Gasteiger partial charge in [0.1, 0.15) is 0 Å². The topological polar surface area (TPSA) is 40.6 Å². The van der Waals surface area contributed by atoms with Crippen molar-refractivity contribution in [2.45, 2.75) is 51.7 Å². The van der Waals surface area contributed by atoms with Gasteiger partial charge in [-0.2, -0.15) is 0 Å². The maximum Gasteiger partial charge on any atom is 0.496 e. The number of ether oxygens (including phenoxy) is 1. The summed E-state index contributed by atoms with van der Waals surface area (Å²) in [6, 6.07) is 1.33. The molecule has 0 unspecified atom stereocenters. The van der Waals surface area contributed by atoms with Gasteiger partial charge in [0.2, 0.25) is 5.88 Å². The highest BCUT2D eigenvalue weighted by atomic mass is 19.3. The minimum Gasteiger partial charge on any atom is -0.481 e. The van der Waals surface area contributed by atoms with Crippen LogP contribution in [0.1, 0.15) is 40.2 Å². The minimum absolute atomic E-state index is 0.0947. The van der Waals surface area contributed by atoms with Crippen LogP contribution in [0.3, 0.4) is 0 Å². The summed E-state index contributed by atoms with van der Waals surface area (Å²) in [6.45, 7) is 8.41. The Labute approximate surface area is 123 Å². The molecule has 0 bridgehead atoms. The van der Waals surface area contributed by atoms with Crippen molar-refractivity contribution in [1.82, 2.24) is 4.98 Å². The summed E-state index contributed by atoms with van der Waals surface area (Å²) in [5.41, 5.74) is -0.901. The average Bonchev–Trinajstić information content (AvgIpc) is 2.56. The van der Waals surface area contributed by atoms with Crippen LogP contribution >= 0.6 is 0 Å². The zero-order chi connectivity index (χ0) is 16.1. The van der Waals surface area contributed by atoms with Crippen molar-refractivity contribution < 1.29 is 22.8 Å². The Morgan fingerprint density at radius 1 is 1.19 bits per heavy atom. The Balaban J connectivity index is 2.39. The quantitative estimate of drug-likeness (QED) is 0.804. The van der Waals surface area contributed by atoms with Crippen molar-refractivity contribution in [3.63, 3.8) is 0 Å². The fraction of sp³-hybridized carbons (Fsp3) is 0.643. The lowest BCUT2D eigenvalue weighted by Gasteiger charge is -2.32. The van der Waals surface area contributed by atoms with E-state index in [1.165, 1.54) is 19.4 Å². The van der Waals surface area contributed by atoms with Crippen molar-refractivity contribution in [1.29, 1.82) is 0 Å². The molecule has 1 aromatic rings. The van der Waals surface area contributed by atoms with Crippen molar-refractivity contribution in [3.05, 3.63) is 17.8 Å². The average molecular weight is 299 g/mol. The molecular weight excluding hydrogens is 279 g/mol. The van der Waals surface area contributed by atoms with E-state index in [-0.39, 0.29) is 11.4 Å². The first-order valence-corrected chi connectivity index (χ1v) is 6.76. The first-order valence-electron chi connectivity index (χ1n) is 6.76. The van der Waals surface area contributed by atoms with E-state index < -0.39 is 24.2 Å². The number of halogens is 2. The molecule has 1 saturated heterocycles. The van der Waals surface area contributed by atoms with Crippen LogP contribution in [-0.2, 0) is 15.2 Å². The molecule has 1 aromatic heterocycles. The second-order valence-corrected chi connectivity index (χ2v) is 6.30. The number of aromatic nitrogens is 1. The number of rotatable bonds is 3. The Hall–Kier alpha value is -1.21. The number of methoxy groups -OCH3 is 1. The number of hydrogen-bond acceptors (Lipinski definition) is 4. The van der Waals surface area contributed by atoms with Gasteiger partial charge in [-0.1, -0.05) is 0 Å². The summed E-state index contributed by atoms with van der Waals surface area (Å²) in [5, 5.41) is 0. The summed E-state index contributed by atoms with van der Waals surface area (Å²) < 4.78 is 43.9. The normalized spacial score (nSPS) is 20.7. The third-order valence-electron chi connectivity index (χ3n) is 4.06. The molecule has 4 nitrogen and oxygen atoms in total. The van der Waals surface area contributed by atoms with Gasteiger partial charge in [0.15, 0.2) is 0 Å². The van der Waals surface area contributed by atoms with E-state index in [1.807, 2.05) is 27.7 Å². The summed E-state index contributed by atoms with van der Waals surface area (Å²) in [4.78, 5) is 3.94. The van der Waals surface area contributed by atoms with Crippen LogP contribution in [0.25, 0.3) is 0 Å². The lowest BCUT2D eigenvalue weighted by molar-refractivity contribution is 0.00578. The largest absolute Gasteiger partial charge is 0.496 e. The van der Waals surface area contributed by atoms with E-state index in [4.69, 9.17) is 14.0 Å². The number of nitrogens with zero attached hydrogens (tertiary/aromatic N) is 1. The monoisotopic (exact) mass is 299 g/mol.